The average molecular weight is 373 g/mol. The SMILES string of the molecule is CN=C(NCCCc1nnc2ccccn12)NCc1csc(N(C)C)n1. The second-order valence-electron chi connectivity index (χ2n) is 6.02. The van der Waals surface area contributed by atoms with Crippen molar-refractivity contribution >= 4 is 28.1 Å². The molecule has 0 saturated carbocycles. The summed E-state index contributed by atoms with van der Waals surface area (Å²) in [6.07, 6.45) is 3.79. The van der Waals surface area contributed by atoms with Gasteiger partial charge in [-0.2, -0.15) is 0 Å². The highest BCUT2D eigenvalue weighted by molar-refractivity contribution is 7.13. The van der Waals surface area contributed by atoms with Crippen LogP contribution in [0.1, 0.15) is 17.9 Å². The number of pyridine rings is 1. The molecule has 26 heavy (non-hydrogen) atoms. The van der Waals surface area contributed by atoms with E-state index in [1.54, 1.807) is 18.4 Å². The number of aliphatic imine (C=N–C) groups is 1. The van der Waals surface area contributed by atoms with Gasteiger partial charge in [-0.25, -0.2) is 4.98 Å². The highest BCUT2D eigenvalue weighted by Crippen LogP contribution is 2.17. The fourth-order valence-corrected chi connectivity index (χ4v) is 3.25. The van der Waals surface area contributed by atoms with E-state index in [0.29, 0.717) is 6.54 Å². The Hall–Kier alpha value is -2.68. The zero-order valence-electron chi connectivity index (χ0n) is 15.3. The third-order valence-corrected chi connectivity index (χ3v) is 4.89. The summed E-state index contributed by atoms with van der Waals surface area (Å²) in [5, 5.41) is 18.1. The molecule has 0 amide bonds. The molecule has 0 aliphatic heterocycles. The predicted octanol–water partition coefficient (Wildman–Crippen LogP) is 1.55. The number of aryl methyl sites for hydroxylation is 1. The second kappa shape index (κ2) is 8.61. The van der Waals surface area contributed by atoms with Crippen molar-refractivity contribution in [3.8, 4) is 0 Å². The lowest BCUT2D eigenvalue weighted by Crippen LogP contribution is -2.37. The molecule has 2 N–H and O–H groups in total. The normalized spacial score (nSPS) is 11.7. The van der Waals surface area contributed by atoms with Crippen LogP contribution in [0.25, 0.3) is 5.65 Å². The molecule has 3 rings (SSSR count). The van der Waals surface area contributed by atoms with Crippen molar-refractivity contribution in [1.29, 1.82) is 0 Å². The first-order chi connectivity index (χ1) is 12.7. The van der Waals surface area contributed by atoms with Crippen molar-refractivity contribution in [3.05, 3.63) is 41.3 Å². The molecule has 0 aliphatic rings. The fraction of sp³-hybridized carbons (Fsp3) is 0.412. The van der Waals surface area contributed by atoms with Crippen LogP contribution in [0.2, 0.25) is 0 Å². The van der Waals surface area contributed by atoms with Gasteiger partial charge in [0, 0.05) is 45.7 Å². The quantitative estimate of drug-likeness (QED) is 0.372. The summed E-state index contributed by atoms with van der Waals surface area (Å²) < 4.78 is 2.03. The van der Waals surface area contributed by atoms with Crippen molar-refractivity contribution in [2.45, 2.75) is 19.4 Å². The van der Waals surface area contributed by atoms with E-state index in [-0.39, 0.29) is 0 Å². The molecule has 9 heteroatoms. The Bertz CT molecular complexity index is 866. The molecule has 138 valence electrons. The van der Waals surface area contributed by atoms with E-state index in [1.165, 1.54) is 0 Å². The Balaban J connectivity index is 1.42. The Morgan fingerprint density at radius 3 is 2.92 bits per heavy atom. The highest BCUT2D eigenvalue weighted by atomic mass is 32.1. The number of hydrogen-bond acceptors (Lipinski definition) is 6. The van der Waals surface area contributed by atoms with E-state index in [9.17, 15) is 0 Å². The van der Waals surface area contributed by atoms with Gasteiger partial charge < -0.3 is 15.5 Å². The summed E-state index contributed by atoms with van der Waals surface area (Å²) >= 11 is 1.64. The van der Waals surface area contributed by atoms with E-state index in [1.807, 2.05) is 47.8 Å². The van der Waals surface area contributed by atoms with Crippen LogP contribution in [0.15, 0.2) is 34.8 Å². The summed E-state index contributed by atoms with van der Waals surface area (Å²) in [6.45, 7) is 1.46. The van der Waals surface area contributed by atoms with Gasteiger partial charge in [-0.3, -0.25) is 9.39 Å². The van der Waals surface area contributed by atoms with E-state index in [0.717, 1.165) is 47.6 Å². The maximum absolute atomic E-state index is 4.56. The van der Waals surface area contributed by atoms with Crippen molar-refractivity contribution in [2.75, 3.05) is 32.6 Å². The molecule has 0 unspecified atom stereocenters. The highest BCUT2D eigenvalue weighted by Gasteiger charge is 2.06. The topological polar surface area (TPSA) is 82.7 Å². The molecule has 3 aromatic rings. The number of nitrogens with one attached hydrogen (secondary N) is 2. The monoisotopic (exact) mass is 372 g/mol. The van der Waals surface area contributed by atoms with Gasteiger partial charge >= 0.3 is 0 Å². The number of nitrogens with zero attached hydrogens (tertiary/aromatic N) is 6. The fourth-order valence-electron chi connectivity index (χ4n) is 2.49. The largest absolute Gasteiger partial charge is 0.356 e. The lowest BCUT2D eigenvalue weighted by atomic mass is 10.3. The number of rotatable bonds is 7. The minimum atomic E-state index is 0.652. The molecule has 0 atom stereocenters. The van der Waals surface area contributed by atoms with E-state index in [4.69, 9.17) is 0 Å². The molecule has 0 fully saturated rings. The number of thiazole rings is 1. The van der Waals surface area contributed by atoms with E-state index in [2.05, 4.69) is 36.2 Å². The minimum absolute atomic E-state index is 0.652. The summed E-state index contributed by atoms with van der Waals surface area (Å²) in [5.41, 5.74) is 1.89. The van der Waals surface area contributed by atoms with Crippen LogP contribution in [0, 0.1) is 0 Å². The predicted molar refractivity (Wildman–Crippen MR) is 106 cm³/mol. The van der Waals surface area contributed by atoms with Crippen LogP contribution in [-0.4, -0.2) is 53.2 Å². The van der Waals surface area contributed by atoms with Gasteiger partial charge in [-0.15, -0.1) is 21.5 Å². The number of aromatic nitrogens is 4. The van der Waals surface area contributed by atoms with Gasteiger partial charge in [-0.05, 0) is 18.6 Å². The first-order valence-electron chi connectivity index (χ1n) is 8.52. The molecule has 3 aromatic heterocycles. The van der Waals surface area contributed by atoms with Crippen molar-refractivity contribution in [1.82, 2.24) is 30.2 Å². The van der Waals surface area contributed by atoms with Gasteiger partial charge in [0.05, 0.1) is 12.2 Å². The Morgan fingerprint density at radius 2 is 2.15 bits per heavy atom. The molecule has 8 nitrogen and oxygen atoms in total. The molecule has 0 radical (unpaired) electrons. The van der Waals surface area contributed by atoms with E-state index >= 15 is 0 Å². The van der Waals surface area contributed by atoms with Crippen LogP contribution in [0.4, 0.5) is 5.13 Å². The smallest absolute Gasteiger partial charge is 0.191 e. The molecule has 0 spiro atoms. The number of anilines is 1. The number of hydrogen-bond donors (Lipinski definition) is 2. The zero-order chi connectivity index (χ0) is 18.4. The lowest BCUT2D eigenvalue weighted by molar-refractivity contribution is 0.712. The standard InChI is InChI=1S/C17H24N8S/c1-18-16(20-11-13-12-26-17(21-13)24(2)3)19-9-6-8-15-23-22-14-7-4-5-10-25(14)15/h4-5,7,10,12H,6,8-9,11H2,1-3H3,(H2,18,19,20). The second-order valence-corrected chi connectivity index (χ2v) is 6.85. The first-order valence-corrected chi connectivity index (χ1v) is 9.40. The summed E-state index contributed by atoms with van der Waals surface area (Å²) in [4.78, 5) is 10.8. The molecule has 0 aliphatic carbocycles. The molecular weight excluding hydrogens is 348 g/mol. The minimum Gasteiger partial charge on any atom is -0.356 e. The Labute approximate surface area is 157 Å². The van der Waals surface area contributed by atoms with Crippen LogP contribution >= 0.6 is 11.3 Å². The van der Waals surface area contributed by atoms with E-state index < -0.39 is 0 Å². The molecule has 0 aromatic carbocycles. The molecule has 0 saturated heterocycles. The van der Waals surface area contributed by atoms with Crippen molar-refractivity contribution in [2.24, 2.45) is 4.99 Å². The van der Waals surface area contributed by atoms with Gasteiger partial charge in [0.25, 0.3) is 0 Å². The molecular formula is C17H24N8S. The van der Waals surface area contributed by atoms with Gasteiger partial charge in [-0.1, -0.05) is 6.07 Å². The van der Waals surface area contributed by atoms with Crippen LogP contribution in [-0.2, 0) is 13.0 Å². The lowest BCUT2D eigenvalue weighted by Gasteiger charge is -2.11. The van der Waals surface area contributed by atoms with Crippen LogP contribution in [0.3, 0.4) is 0 Å². The third-order valence-electron chi connectivity index (χ3n) is 3.84. The zero-order valence-corrected chi connectivity index (χ0v) is 16.1. The molecule has 3 heterocycles. The number of guanidine groups is 1. The van der Waals surface area contributed by atoms with Crippen LogP contribution in [0.5, 0.6) is 0 Å². The first kappa shape index (κ1) is 18.1. The maximum Gasteiger partial charge on any atom is 0.191 e. The Morgan fingerprint density at radius 1 is 1.27 bits per heavy atom. The summed E-state index contributed by atoms with van der Waals surface area (Å²) in [7, 11) is 5.76. The van der Waals surface area contributed by atoms with Crippen LogP contribution < -0.4 is 15.5 Å². The average Bonchev–Trinajstić information content (AvgIpc) is 3.28. The van der Waals surface area contributed by atoms with Gasteiger partial charge in [0.1, 0.15) is 5.82 Å². The van der Waals surface area contributed by atoms with Gasteiger partial charge in [0.15, 0.2) is 16.7 Å². The van der Waals surface area contributed by atoms with Crippen molar-refractivity contribution < 1.29 is 0 Å². The molecule has 0 bridgehead atoms. The third kappa shape index (κ3) is 4.48. The Kier molecular flexibility index (Phi) is 6.00. The number of fused-ring (bicyclic) bond motifs is 1. The maximum atomic E-state index is 4.56. The van der Waals surface area contributed by atoms with Crippen molar-refractivity contribution in [3.63, 3.8) is 0 Å². The van der Waals surface area contributed by atoms with Gasteiger partial charge in [0.2, 0.25) is 0 Å². The summed E-state index contributed by atoms with van der Waals surface area (Å²) in [5.74, 6) is 1.75. The summed E-state index contributed by atoms with van der Waals surface area (Å²) in [6, 6.07) is 5.92.